The topological polar surface area (TPSA) is 103 Å². The van der Waals surface area contributed by atoms with Crippen molar-refractivity contribution in [2.24, 2.45) is 5.92 Å². The second-order valence-electron chi connectivity index (χ2n) is 10.6. The zero-order chi connectivity index (χ0) is 25.1. The Hall–Kier alpha value is -3.13. The van der Waals surface area contributed by atoms with E-state index in [4.69, 9.17) is 9.52 Å². The number of nitrogens with zero attached hydrogens (tertiary/aromatic N) is 2. The third kappa shape index (κ3) is 5.05. The van der Waals surface area contributed by atoms with E-state index in [1.165, 1.54) is 25.3 Å². The first-order valence-electron chi connectivity index (χ1n) is 13.2. The number of rotatable bonds is 7. The molecular weight excluding hydrogens is 458 g/mol. The maximum Gasteiger partial charge on any atom is 0.371 e. The van der Waals surface area contributed by atoms with E-state index in [0.29, 0.717) is 50.7 Å². The van der Waals surface area contributed by atoms with Gasteiger partial charge in [0.25, 0.3) is 0 Å². The van der Waals surface area contributed by atoms with E-state index in [0.717, 1.165) is 24.8 Å². The number of hydrogen-bond acceptors (Lipinski definition) is 5. The normalized spacial score (nSPS) is 23.1. The molecule has 5 rings (SSSR count). The quantitative estimate of drug-likeness (QED) is 0.608. The Bertz CT molecular complexity index is 1080. The summed E-state index contributed by atoms with van der Waals surface area (Å²) in [6, 6.07) is 12.6. The van der Waals surface area contributed by atoms with Gasteiger partial charge in [-0.2, -0.15) is 0 Å². The smallest absolute Gasteiger partial charge is 0.371 e. The van der Waals surface area contributed by atoms with Crippen LogP contribution in [0.3, 0.4) is 0 Å². The molecule has 0 bridgehead atoms. The van der Waals surface area contributed by atoms with Crippen LogP contribution < -0.4 is 5.32 Å². The van der Waals surface area contributed by atoms with Crippen LogP contribution >= 0.6 is 0 Å². The Balaban J connectivity index is 1.32. The molecule has 3 fully saturated rings. The van der Waals surface area contributed by atoms with Crippen molar-refractivity contribution in [2.75, 3.05) is 13.1 Å². The zero-order valence-electron chi connectivity index (χ0n) is 20.7. The third-order valence-electron chi connectivity index (χ3n) is 8.22. The van der Waals surface area contributed by atoms with Gasteiger partial charge in [-0.3, -0.25) is 14.5 Å². The van der Waals surface area contributed by atoms with Crippen molar-refractivity contribution < 1.29 is 23.9 Å². The number of carboxylic acid groups (broad SMARTS) is 1. The van der Waals surface area contributed by atoms with E-state index in [2.05, 4.69) is 10.2 Å². The fraction of sp³-hybridized carbons (Fsp3) is 0.536. The highest BCUT2D eigenvalue weighted by Gasteiger charge is 2.53. The largest absolute Gasteiger partial charge is 0.475 e. The highest BCUT2D eigenvalue weighted by Crippen LogP contribution is 2.37. The summed E-state index contributed by atoms with van der Waals surface area (Å²) in [6.07, 6.45) is 7.72. The van der Waals surface area contributed by atoms with Gasteiger partial charge in [-0.1, -0.05) is 62.4 Å². The van der Waals surface area contributed by atoms with Crippen LogP contribution in [-0.2, 0) is 22.7 Å². The highest BCUT2D eigenvalue weighted by atomic mass is 16.4. The lowest BCUT2D eigenvalue weighted by Gasteiger charge is -2.52. The number of carbonyl (C=O) groups excluding carboxylic acids is 2. The van der Waals surface area contributed by atoms with Gasteiger partial charge in [0, 0.05) is 19.6 Å². The van der Waals surface area contributed by atoms with Gasteiger partial charge in [0.2, 0.25) is 17.6 Å². The third-order valence-corrected chi connectivity index (χ3v) is 8.22. The van der Waals surface area contributed by atoms with Crippen molar-refractivity contribution in [3.63, 3.8) is 0 Å². The summed E-state index contributed by atoms with van der Waals surface area (Å²) in [5.74, 6) is -0.0868. The first-order valence-corrected chi connectivity index (χ1v) is 13.2. The van der Waals surface area contributed by atoms with Crippen molar-refractivity contribution in [1.82, 2.24) is 15.1 Å². The van der Waals surface area contributed by atoms with Crippen LogP contribution in [0.1, 0.15) is 73.2 Å². The molecule has 2 saturated heterocycles. The molecule has 3 aliphatic rings. The average molecular weight is 494 g/mol. The summed E-state index contributed by atoms with van der Waals surface area (Å²) >= 11 is 0. The second kappa shape index (κ2) is 10.5. The minimum Gasteiger partial charge on any atom is -0.475 e. The fourth-order valence-corrected chi connectivity index (χ4v) is 6.16. The van der Waals surface area contributed by atoms with Gasteiger partial charge >= 0.3 is 5.97 Å². The molecule has 8 heteroatoms. The van der Waals surface area contributed by atoms with Gasteiger partial charge in [-0.15, -0.1) is 0 Å². The van der Waals surface area contributed by atoms with Crippen molar-refractivity contribution in [2.45, 2.75) is 76.0 Å². The Morgan fingerprint density at radius 2 is 1.72 bits per heavy atom. The number of benzene rings is 1. The van der Waals surface area contributed by atoms with Crippen LogP contribution in [0.5, 0.6) is 0 Å². The van der Waals surface area contributed by atoms with Gasteiger partial charge in [-0.25, -0.2) is 4.79 Å². The van der Waals surface area contributed by atoms with Crippen LogP contribution in [0, 0.1) is 5.92 Å². The van der Waals surface area contributed by atoms with E-state index in [-0.39, 0.29) is 17.6 Å². The average Bonchev–Trinajstić information content (AvgIpc) is 3.37. The first-order chi connectivity index (χ1) is 17.4. The standard InChI is InChI=1S/C28H35N3O5/c32-25-23(17-20-7-3-1-4-8-20)29-27(35)28(31(25)18-21-9-5-2-6-10-21)13-15-30(16-14-28)19-22-11-12-24(36-22)26(33)34/h2,5-6,9-12,20,23H,1,3-4,7-8,13-19H2,(H,29,35)(H,33,34). The lowest BCUT2D eigenvalue weighted by atomic mass is 9.79. The molecule has 1 unspecified atom stereocenters. The first kappa shape index (κ1) is 24.6. The maximum absolute atomic E-state index is 13.9. The number of hydrogen-bond donors (Lipinski definition) is 2. The molecule has 1 aromatic heterocycles. The summed E-state index contributed by atoms with van der Waals surface area (Å²) < 4.78 is 5.42. The Morgan fingerprint density at radius 3 is 2.39 bits per heavy atom. The predicted octanol–water partition coefficient (Wildman–Crippen LogP) is 3.81. The minimum absolute atomic E-state index is 0.0367. The molecular formula is C28H35N3O5. The van der Waals surface area contributed by atoms with Crippen LogP contribution in [0.2, 0.25) is 0 Å². The maximum atomic E-state index is 13.9. The molecule has 2 aromatic rings. The second-order valence-corrected chi connectivity index (χ2v) is 10.6. The zero-order valence-corrected chi connectivity index (χ0v) is 20.7. The number of aromatic carboxylic acids is 1. The summed E-state index contributed by atoms with van der Waals surface area (Å²) in [4.78, 5) is 42.7. The predicted molar refractivity (Wildman–Crippen MR) is 133 cm³/mol. The Morgan fingerprint density at radius 1 is 1.00 bits per heavy atom. The molecule has 2 N–H and O–H groups in total. The molecule has 3 heterocycles. The van der Waals surface area contributed by atoms with Crippen molar-refractivity contribution in [3.8, 4) is 0 Å². The molecule has 1 saturated carbocycles. The molecule has 8 nitrogen and oxygen atoms in total. The van der Waals surface area contributed by atoms with Gasteiger partial charge in [0.15, 0.2) is 0 Å². The van der Waals surface area contributed by atoms with Crippen molar-refractivity contribution >= 4 is 17.8 Å². The summed E-state index contributed by atoms with van der Waals surface area (Å²) in [5.41, 5.74) is 0.151. The van der Waals surface area contributed by atoms with E-state index in [1.807, 2.05) is 35.2 Å². The van der Waals surface area contributed by atoms with Crippen molar-refractivity contribution in [1.29, 1.82) is 0 Å². The highest BCUT2D eigenvalue weighted by molar-refractivity contribution is 6.00. The lowest BCUT2D eigenvalue weighted by Crippen LogP contribution is -2.72. The summed E-state index contributed by atoms with van der Waals surface area (Å²) in [6.45, 7) is 2.13. The van der Waals surface area contributed by atoms with E-state index >= 15 is 0 Å². The Labute approximate surface area is 211 Å². The number of furan rings is 1. The number of amides is 2. The minimum atomic E-state index is -1.09. The molecule has 1 spiro atoms. The number of carboxylic acids is 1. The van der Waals surface area contributed by atoms with Crippen LogP contribution in [-0.4, -0.2) is 57.4 Å². The molecule has 0 radical (unpaired) electrons. The van der Waals surface area contributed by atoms with Gasteiger partial charge in [0.05, 0.1) is 6.54 Å². The molecule has 36 heavy (non-hydrogen) atoms. The summed E-state index contributed by atoms with van der Waals surface area (Å²) in [7, 11) is 0. The molecule has 2 aliphatic heterocycles. The van der Waals surface area contributed by atoms with Crippen LogP contribution in [0.25, 0.3) is 0 Å². The molecule has 2 amide bonds. The molecule has 1 atom stereocenters. The van der Waals surface area contributed by atoms with Crippen LogP contribution in [0.15, 0.2) is 46.9 Å². The summed E-state index contributed by atoms with van der Waals surface area (Å²) in [5, 5.41) is 12.2. The van der Waals surface area contributed by atoms with Crippen LogP contribution in [0.4, 0.5) is 0 Å². The molecule has 1 aliphatic carbocycles. The molecule has 1 aromatic carbocycles. The number of piperidine rings is 1. The number of nitrogens with one attached hydrogen (secondary N) is 1. The Kier molecular flexibility index (Phi) is 7.14. The van der Waals surface area contributed by atoms with Gasteiger partial charge in [-0.05, 0) is 42.9 Å². The van der Waals surface area contributed by atoms with Gasteiger partial charge < -0.3 is 19.7 Å². The number of likely N-dealkylation sites (tertiary alicyclic amines) is 1. The lowest BCUT2D eigenvalue weighted by molar-refractivity contribution is -0.163. The SMILES string of the molecule is O=C(O)c1ccc(CN2CCC3(CC2)C(=O)NC(CC2CCCCC2)C(=O)N3Cc2ccccc2)o1. The molecule has 192 valence electrons. The van der Waals surface area contributed by atoms with Crippen molar-refractivity contribution in [3.05, 3.63) is 59.5 Å². The monoisotopic (exact) mass is 493 g/mol. The van der Waals surface area contributed by atoms with E-state index in [9.17, 15) is 14.4 Å². The van der Waals surface area contributed by atoms with Gasteiger partial charge in [0.1, 0.15) is 17.3 Å². The number of carbonyl (C=O) groups is 3. The fourth-order valence-electron chi connectivity index (χ4n) is 6.16. The van der Waals surface area contributed by atoms with E-state index in [1.54, 1.807) is 6.07 Å². The van der Waals surface area contributed by atoms with E-state index < -0.39 is 17.6 Å². The number of piperazine rings is 1.